The van der Waals surface area contributed by atoms with E-state index in [9.17, 15) is 4.39 Å². The van der Waals surface area contributed by atoms with Gasteiger partial charge in [0, 0.05) is 0 Å². The molecule has 2 aromatic carbocycles. The minimum atomic E-state index is 0.0261. The fourth-order valence-electron chi connectivity index (χ4n) is 5.41. The number of rotatable bonds is 12. The molecule has 1 saturated carbocycles. The third-order valence-corrected chi connectivity index (χ3v) is 7.39. The van der Waals surface area contributed by atoms with Crippen molar-refractivity contribution in [2.75, 3.05) is 0 Å². The lowest BCUT2D eigenvalue weighted by molar-refractivity contribution is 0.298. The number of unbranched alkanes of at least 4 members (excludes halogenated alkanes) is 4. The molecule has 0 nitrogen and oxygen atoms in total. The van der Waals surface area contributed by atoms with E-state index < -0.39 is 0 Å². The molecule has 0 radical (unpaired) electrons. The second kappa shape index (κ2) is 13.0. The number of hydrogen-bond acceptors (Lipinski definition) is 0. The van der Waals surface area contributed by atoms with Crippen LogP contribution in [-0.4, -0.2) is 0 Å². The smallest absolute Gasteiger partial charge is 0.126 e. The van der Waals surface area contributed by atoms with Gasteiger partial charge in [-0.15, -0.1) is 0 Å². The molecule has 1 aliphatic rings. The van der Waals surface area contributed by atoms with Crippen LogP contribution in [0, 0.1) is 11.7 Å². The summed E-state index contributed by atoms with van der Waals surface area (Å²) in [5.41, 5.74) is 5.08. The Morgan fingerprint density at radius 3 is 2.03 bits per heavy atom. The van der Waals surface area contributed by atoms with Crippen molar-refractivity contribution in [3.05, 3.63) is 70.5 Å². The maximum absolute atomic E-state index is 14.9. The quantitative estimate of drug-likeness (QED) is 0.299. The third kappa shape index (κ3) is 7.48. The average molecular weight is 423 g/mol. The van der Waals surface area contributed by atoms with E-state index in [1.807, 2.05) is 6.07 Å². The number of benzene rings is 2. The van der Waals surface area contributed by atoms with E-state index in [1.165, 1.54) is 80.9 Å². The van der Waals surface area contributed by atoms with Gasteiger partial charge >= 0.3 is 0 Å². The zero-order chi connectivity index (χ0) is 21.9. The molecule has 31 heavy (non-hydrogen) atoms. The fraction of sp³-hybridized carbons (Fsp3) is 0.600. The molecule has 170 valence electrons. The predicted molar refractivity (Wildman–Crippen MR) is 132 cm³/mol. The normalized spacial score (nSPS) is 18.9. The molecule has 0 bridgehead atoms. The lowest BCUT2D eigenvalue weighted by atomic mass is 9.75. The molecule has 0 N–H and O–H groups in total. The highest BCUT2D eigenvalue weighted by Gasteiger charge is 2.25. The number of aryl methyl sites for hydroxylation is 3. The zero-order valence-corrected chi connectivity index (χ0v) is 20.0. The Balaban J connectivity index is 1.56. The maximum Gasteiger partial charge on any atom is 0.126 e. The summed E-state index contributed by atoms with van der Waals surface area (Å²) in [7, 11) is 0. The molecule has 3 rings (SSSR count). The van der Waals surface area contributed by atoms with Crippen LogP contribution in [0.15, 0.2) is 42.5 Å². The molecule has 2 aromatic rings. The lowest BCUT2D eigenvalue weighted by Gasteiger charge is -2.30. The van der Waals surface area contributed by atoms with Gasteiger partial charge in [-0.2, -0.15) is 0 Å². The van der Waals surface area contributed by atoms with Crippen LogP contribution in [0.5, 0.6) is 0 Å². The van der Waals surface area contributed by atoms with E-state index in [4.69, 9.17) is 0 Å². The SMILES string of the molecule is CCCCCc1ccc(CCc2cccc(F)c2[C@H]2CC[C@H](CCCCC)CC2)cc1. The van der Waals surface area contributed by atoms with Crippen LogP contribution in [0.3, 0.4) is 0 Å². The van der Waals surface area contributed by atoms with Crippen LogP contribution in [-0.2, 0) is 19.3 Å². The van der Waals surface area contributed by atoms with E-state index in [0.29, 0.717) is 5.92 Å². The van der Waals surface area contributed by atoms with Crippen LogP contribution in [0.4, 0.5) is 4.39 Å². The van der Waals surface area contributed by atoms with Gasteiger partial charge < -0.3 is 0 Å². The van der Waals surface area contributed by atoms with E-state index in [1.54, 1.807) is 6.07 Å². The third-order valence-electron chi connectivity index (χ3n) is 7.39. The van der Waals surface area contributed by atoms with Gasteiger partial charge in [0.15, 0.2) is 0 Å². The Kier molecular flexibility index (Phi) is 10.1. The molecule has 0 atom stereocenters. The molecule has 0 heterocycles. The van der Waals surface area contributed by atoms with Crippen molar-refractivity contribution in [2.24, 2.45) is 5.92 Å². The van der Waals surface area contributed by atoms with Crippen molar-refractivity contribution < 1.29 is 4.39 Å². The fourth-order valence-corrected chi connectivity index (χ4v) is 5.41. The van der Waals surface area contributed by atoms with E-state index in [-0.39, 0.29) is 5.82 Å². The molecule has 1 heteroatoms. The summed E-state index contributed by atoms with van der Waals surface area (Å²) >= 11 is 0. The van der Waals surface area contributed by atoms with Gasteiger partial charge in [-0.1, -0.05) is 88.8 Å². The maximum atomic E-state index is 14.9. The summed E-state index contributed by atoms with van der Waals surface area (Å²) < 4.78 is 14.9. The topological polar surface area (TPSA) is 0 Å². The molecule has 0 aliphatic heterocycles. The van der Waals surface area contributed by atoms with Crippen LogP contribution in [0.2, 0.25) is 0 Å². The summed E-state index contributed by atoms with van der Waals surface area (Å²) in [5.74, 6) is 1.31. The second-order valence-electron chi connectivity index (χ2n) is 9.80. The average Bonchev–Trinajstić information content (AvgIpc) is 2.80. The molecule has 0 saturated heterocycles. The molecular formula is C30H43F. The van der Waals surface area contributed by atoms with E-state index in [0.717, 1.165) is 37.2 Å². The van der Waals surface area contributed by atoms with Crippen LogP contribution in [0.25, 0.3) is 0 Å². The minimum absolute atomic E-state index is 0.0261. The predicted octanol–water partition coefficient (Wildman–Crippen LogP) is 9.20. The highest BCUT2D eigenvalue weighted by molar-refractivity contribution is 5.34. The Bertz CT molecular complexity index is 752. The summed E-state index contributed by atoms with van der Waals surface area (Å²) in [4.78, 5) is 0. The van der Waals surface area contributed by atoms with Gasteiger partial charge in [0.05, 0.1) is 0 Å². The molecule has 0 amide bonds. The van der Waals surface area contributed by atoms with Crippen molar-refractivity contribution in [3.8, 4) is 0 Å². The molecule has 1 fully saturated rings. The Labute approximate surface area is 190 Å². The second-order valence-corrected chi connectivity index (χ2v) is 9.80. The highest BCUT2D eigenvalue weighted by Crippen LogP contribution is 2.40. The number of halogens is 1. The number of hydrogen-bond donors (Lipinski definition) is 0. The van der Waals surface area contributed by atoms with Crippen molar-refractivity contribution in [1.82, 2.24) is 0 Å². The molecular weight excluding hydrogens is 379 g/mol. The van der Waals surface area contributed by atoms with E-state index in [2.05, 4.69) is 44.2 Å². The van der Waals surface area contributed by atoms with Gasteiger partial charge in [-0.25, -0.2) is 4.39 Å². The Morgan fingerprint density at radius 1 is 0.710 bits per heavy atom. The first-order valence-corrected chi connectivity index (χ1v) is 13.1. The summed E-state index contributed by atoms with van der Waals surface area (Å²) in [6.45, 7) is 4.53. The molecule has 0 unspecified atom stereocenters. The zero-order valence-electron chi connectivity index (χ0n) is 20.0. The molecule has 0 spiro atoms. The van der Waals surface area contributed by atoms with Crippen molar-refractivity contribution in [1.29, 1.82) is 0 Å². The van der Waals surface area contributed by atoms with Gasteiger partial charge in [0.2, 0.25) is 0 Å². The first-order chi connectivity index (χ1) is 15.2. The summed E-state index contributed by atoms with van der Waals surface area (Å²) in [5, 5.41) is 0. The summed E-state index contributed by atoms with van der Waals surface area (Å²) in [6, 6.07) is 14.9. The standard InChI is InChI=1S/C30H43F/c1-3-5-7-10-24-14-16-26(17-15-24)20-21-27-12-9-13-29(31)30(27)28-22-18-25(19-23-28)11-8-6-4-2/h9,12-17,25,28H,3-8,10-11,18-23H2,1-2H3/t25-,28-. The van der Waals surface area contributed by atoms with Crippen LogP contribution in [0.1, 0.15) is 113 Å². The Hall–Kier alpha value is -1.63. The highest BCUT2D eigenvalue weighted by atomic mass is 19.1. The largest absolute Gasteiger partial charge is 0.207 e. The minimum Gasteiger partial charge on any atom is -0.207 e. The monoisotopic (exact) mass is 422 g/mol. The van der Waals surface area contributed by atoms with Crippen LogP contribution >= 0.6 is 0 Å². The molecule has 0 aromatic heterocycles. The van der Waals surface area contributed by atoms with Crippen LogP contribution < -0.4 is 0 Å². The van der Waals surface area contributed by atoms with Gasteiger partial charge in [0.1, 0.15) is 5.82 Å². The van der Waals surface area contributed by atoms with Crippen molar-refractivity contribution in [3.63, 3.8) is 0 Å². The molecule has 1 aliphatic carbocycles. The van der Waals surface area contributed by atoms with Gasteiger partial charge in [-0.3, -0.25) is 0 Å². The summed E-state index contributed by atoms with van der Waals surface area (Å²) in [6.07, 6.45) is 17.3. The van der Waals surface area contributed by atoms with Crippen molar-refractivity contribution in [2.45, 2.75) is 110 Å². The van der Waals surface area contributed by atoms with Gasteiger partial charge in [-0.05, 0) is 91.5 Å². The van der Waals surface area contributed by atoms with Gasteiger partial charge in [0.25, 0.3) is 0 Å². The van der Waals surface area contributed by atoms with E-state index >= 15 is 0 Å². The Morgan fingerprint density at radius 2 is 1.35 bits per heavy atom. The first-order valence-electron chi connectivity index (χ1n) is 13.1. The van der Waals surface area contributed by atoms with Crippen molar-refractivity contribution >= 4 is 0 Å². The first kappa shape index (κ1) is 24.0. The lowest BCUT2D eigenvalue weighted by Crippen LogP contribution is -2.16.